The molecule has 1 saturated heterocycles. The summed E-state index contributed by atoms with van der Waals surface area (Å²) >= 11 is 0. The fourth-order valence-corrected chi connectivity index (χ4v) is 5.97. The number of benzene rings is 1. The molecule has 7 nitrogen and oxygen atoms in total. The number of fused-ring (bicyclic) bond motifs is 3. The Labute approximate surface area is 179 Å². The van der Waals surface area contributed by atoms with Gasteiger partial charge < -0.3 is 14.4 Å². The predicted octanol–water partition coefficient (Wildman–Crippen LogP) is 2.96. The number of nitrogens with zero attached hydrogens (tertiary/aromatic N) is 2. The van der Waals surface area contributed by atoms with Crippen LogP contribution in [0.15, 0.2) is 48.2 Å². The van der Waals surface area contributed by atoms with E-state index in [0.717, 1.165) is 16.6 Å². The largest absolute Gasteiger partial charge is 0.468 e. The van der Waals surface area contributed by atoms with Crippen LogP contribution in [0.1, 0.15) is 24.6 Å². The molecule has 3 unspecified atom stereocenters. The minimum absolute atomic E-state index is 0.0465. The molecule has 0 saturated carbocycles. The minimum Gasteiger partial charge on any atom is -0.468 e. The quantitative estimate of drug-likeness (QED) is 0.696. The van der Waals surface area contributed by atoms with E-state index in [2.05, 4.69) is 11.5 Å². The molecule has 0 spiro atoms. The number of methoxy groups -OCH3 is 2. The molecule has 4 heterocycles. The van der Waals surface area contributed by atoms with Gasteiger partial charge in [-0.25, -0.2) is 9.36 Å². The molecule has 160 valence electrons. The SMILES string of the molecule is C=C1Cc2c(n(C(=O)OC)c3ccccc23)C2(C(=O)OC)CC3C=C(C(C)=O)C2N1C3. The zero-order valence-electron chi connectivity index (χ0n) is 17.8. The summed E-state index contributed by atoms with van der Waals surface area (Å²) in [7, 11) is 2.68. The Kier molecular flexibility index (Phi) is 4.16. The third kappa shape index (κ3) is 2.37. The number of hydrogen-bond donors (Lipinski definition) is 0. The van der Waals surface area contributed by atoms with Gasteiger partial charge in [0.1, 0.15) is 5.41 Å². The predicted molar refractivity (Wildman–Crippen MR) is 114 cm³/mol. The number of carbonyl (C=O) groups excluding carboxylic acids is 3. The number of ether oxygens (including phenoxy) is 2. The molecule has 0 radical (unpaired) electrons. The fourth-order valence-electron chi connectivity index (χ4n) is 5.97. The summed E-state index contributed by atoms with van der Waals surface area (Å²) in [6, 6.07) is 6.96. The summed E-state index contributed by atoms with van der Waals surface area (Å²) in [5.41, 5.74) is 2.24. The lowest BCUT2D eigenvalue weighted by Crippen LogP contribution is -2.64. The van der Waals surface area contributed by atoms with Gasteiger partial charge in [-0.3, -0.25) is 9.59 Å². The lowest BCUT2D eigenvalue weighted by Gasteiger charge is -2.54. The van der Waals surface area contributed by atoms with Gasteiger partial charge in [0.25, 0.3) is 0 Å². The molecule has 7 heteroatoms. The second kappa shape index (κ2) is 6.57. The van der Waals surface area contributed by atoms with Gasteiger partial charge >= 0.3 is 12.1 Å². The topological polar surface area (TPSA) is 77.8 Å². The zero-order valence-corrected chi connectivity index (χ0v) is 17.8. The number of aromatic nitrogens is 1. The molecular formula is C24H24N2O5. The van der Waals surface area contributed by atoms with E-state index in [1.165, 1.54) is 25.7 Å². The van der Waals surface area contributed by atoms with Crippen LogP contribution in [0.2, 0.25) is 0 Å². The van der Waals surface area contributed by atoms with Gasteiger partial charge in [0.2, 0.25) is 0 Å². The van der Waals surface area contributed by atoms with Crippen LogP contribution in [0.5, 0.6) is 0 Å². The molecule has 1 fully saturated rings. The molecule has 0 N–H and O–H groups in total. The molecular weight excluding hydrogens is 396 g/mol. The highest BCUT2D eigenvalue weighted by molar-refractivity contribution is 6.02. The second-order valence-electron chi connectivity index (χ2n) is 8.55. The van der Waals surface area contributed by atoms with E-state index >= 15 is 0 Å². The van der Waals surface area contributed by atoms with Crippen molar-refractivity contribution in [2.75, 3.05) is 20.8 Å². The van der Waals surface area contributed by atoms with E-state index in [1.807, 2.05) is 30.3 Å². The first-order valence-electron chi connectivity index (χ1n) is 10.3. The monoisotopic (exact) mass is 420 g/mol. The molecule has 1 aromatic carbocycles. The number of piperidine rings is 1. The maximum atomic E-state index is 13.6. The van der Waals surface area contributed by atoms with Crippen molar-refractivity contribution in [3.8, 4) is 0 Å². The first-order valence-corrected chi connectivity index (χ1v) is 10.3. The molecule has 4 bridgehead atoms. The van der Waals surface area contributed by atoms with Crippen molar-refractivity contribution in [1.29, 1.82) is 0 Å². The molecule has 2 aromatic rings. The van der Waals surface area contributed by atoms with E-state index in [0.29, 0.717) is 36.2 Å². The number of rotatable bonds is 2. The molecule has 3 aliphatic heterocycles. The van der Waals surface area contributed by atoms with E-state index in [9.17, 15) is 14.4 Å². The standard InChI is InChI=1S/C24H24N2O5/c1-13-9-18-16-7-5-6-8-19(16)26(23(29)31-4)21(18)24(22(28)30-3)11-15-10-17(14(2)27)20(24)25(13)12-15/h5-8,10,15,20H,1,9,11-12H2,2-4H3. The van der Waals surface area contributed by atoms with Crippen molar-refractivity contribution in [3.63, 3.8) is 0 Å². The van der Waals surface area contributed by atoms with Gasteiger partial charge in [-0.1, -0.05) is 30.9 Å². The van der Waals surface area contributed by atoms with Crippen LogP contribution in [-0.4, -0.2) is 54.1 Å². The van der Waals surface area contributed by atoms with Gasteiger partial charge in [-0.05, 0) is 30.9 Å². The molecule has 0 amide bonds. The Bertz CT molecular complexity index is 1210. The average molecular weight is 420 g/mol. The van der Waals surface area contributed by atoms with Gasteiger partial charge in [-0.2, -0.15) is 0 Å². The number of ketones is 1. The van der Waals surface area contributed by atoms with E-state index in [-0.39, 0.29) is 11.7 Å². The molecule has 6 rings (SSSR count). The van der Waals surface area contributed by atoms with E-state index < -0.39 is 23.5 Å². The highest BCUT2D eigenvalue weighted by Crippen LogP contribution is 2.55. The zero-order chi connectivity index (χ0) is 22.1. The first-order chi connectivity index (χ1) is 14.8. The van der Waals surface area contributed by atoms with Crippen molar-refractivity contribution in [3.05, 3.63) is 59.4 Å². The maximum Gasteiger partial charge on any atom is 0.418 e. The first kappa shape index (κ1) is 19.6. The normalized spacial score (nSPS) is 26.2. The second-order valence-corrected chi connectivity index (χ2v) is 8.55. The van der Waals surface area contributed by atoms with Gasteiger partial charge in [-0.15, -0.1) is 0 Å². The maximum absolute atomic E-state index is 13.6. The number of Topliss-reactive ketones (excluding diaryl/α,β-unsaturated/α-hetero) is 1. The summed E-state index contributed by atoms with van der Waals surface area (Å²) in [6.45, 7) is 6.51. The highest BCUT2D eigenvalue weighted by Gasteiger charge is 2.63. The molecule has 3 atom stereocenters. The Morgan fingerprint density at radius 3 is 2.58 bits per heavy atom. The number of carbonyl (C=O) groups is 3. The summed E-state index contributed by atoms with van der Waals surface area (Å²) in [4.78, 5) is 41.4. The van der Waals surface area contributed by atoms with Crippen molar-refractivity contribution in [1.82, 2.24) is 9.47 Å². The Balaban J connectivity index is 1.96. The third-order valence-electron chi connectivity index (χ3n) is 7.01. The Morgan fingerprint density at radius 1 is 1.16 bits per heavy atom. The van der Waals surface area contributed by atoms with Crippen molar-refractivity contribution in [2.45, 2.75) is 31.2 Å². The Hall–Kier alpha value is -3.35. The number of allylic oxidation sites excluding steroid dienone is 1. The van der Waals surface area contributed by atoms with Crippen LogP contribution in [0.4, 0.5) is 4.79 Å². The van der Waals surface area contributed by atoms with E-state index in [4.69, 9.17) is 9.47 Å². The van der Waals surface area contributed by atoms with Crippen LogP contribution >= 0.6 is 0 Å². The summed E-state index contributed by atoms with van der Waals surface area (Å²) in [5, 5.41) is 0.866. The number of hydrogen-bond acceptors (Lipinski definition) is 6. The smallest absolute Gasteiger partial charge is 0.418 e. The summed E-state index contributed by atoms with van der Waals surface area (Å²) in [5.74, 6) is -0.595. The summed E-state index contributed by atoms with van der Waals surface area (Å²) < 4.78 is 12.0. The van der Waals surface area contributed by atoms with Crippen molar-refractivity contribution >= 4 is 28.7 Å². The number of para-hydroxylation sites is 1. The van der Waals surface area contributed by atoms with E-state index in [1.54, 1.807) is 0 Å². The molecule has 4 aliphatic rings. The lowest BCUT2D eigenvalue weighted by atomic mass is 9.60. The Morgan fingerprint density at radius 2 is 1.90 bits per heavy atom. The summed E-state index contributed by atoms with van der Waals surface area (Å²) in [6.07, 6.45) is 2.32. The van der Waals surface area contributed by atoms with Crippen LogP contribution in [0.3, 0.4) is 0 Å². The van der Waals surface area contributed by atoms with Crippen LogP contribution in [-0.2, 0) is 30.9 Å². The van der Waals surface area contributed by atoms with Gasteiger partial charge in [0.15, 0.2) is 5.78 Å². The van der Waals surface area contributed by atoms with Crippen molar-refractivity contribution in [2.24, 2.45) is 5.92 Å². The fraction of sp³-hybridized carbons (Fsp3) is 0.375. The highest BCUT2D eigenvalue weighted by atomic mass is 16.5. The van der Waals surface area contributed by atoms with Gasteiger partial charge in [0, 0.05) is 29.6 Å². The third-order valence-corrected chi connectivity index (χ3v) is 7.01. The van der Waals surface area contributed by atoms with Crippen LogP contribution < -0.4 is 0 Å². The molecule has 31 heavy (non-hydrogen) atoms. The lowest BCUT2D eigenvalue weighted by molar-refractivity contribution is -0.153. The molecule has 1 aromatic heterocycles. The average Bonchev–Trinajstić information content (AvgIpc) is 3.08. The number of esters is 1. The molecule has 1 aliphatic carbocycles. The van der Waals surface area contributed by atoms with Gasteiger partial charge in [0.05, 0.1) is 31.5 Å². The van der Waals surface area contributed by atoms with Crippen molar-refractivity contribution < 1.29 is 23.9 Å². The minimum atomic E-state index is -1.23. The van der Waals surface area contributed by atoms with Crippen LogP contribution in [0.25, 0.3) is 10.9 Å². The van der Waals surface area contributed by atoms with Crippen LogP contribution in [0, 0.1) is 5.92 Å².